The van der Waals surface area contributed by atoms with Crippen LogP contribution in [0.25, 0.3) is 4.96 Å². The lowest BCUT2D eigenvalue weighted by atomic mass is 9.90. The normalized spacial score (nSPS) is 25.8. The highest BCUT2D eigenvalue weighted by Crippen LogP contribution is 2.32. The number of rotatable bonds is 3. The summed E-state index contributed by atoms with van der Waals surface area (Å²) in [5.41, 5.74) is 0. The summed E-state index contributed by atoms with van der Waals surface area (Å²) in [6.07, 6.45) is 1.02. The molecule has 2 atom stereocenters. The Bertz CT molecular complexity index is 584. The molecule has 0 aromatic carbocycles. The van der Waals surface area contributed by atoms with Gasteiger partial charge in [-0.2, -0.15) is 9.61 Å². The highest BCUT2D eigenvalue weighted by molar-refractivity contribution is 7.16. The molecule has 2 aromatic rings. The molecule has 0 spiro atoms. The highest BCUT2D eigenvalue weighted by atomic mass is 32.1. The van der Waals surface area contributed by atoms with Crippen LogP contribution in [0.1, 0.15) is 36.0 Å². The van der Waals surface area contributed by atoms with E-state index in [-0.39, 0.29) is 0 Å². The summed E-state index contributed by atoms with van der Waals surface area (Å²) >= 11 is 1.67. The van der Waals surface area contributed by atoms with E-state index < -0.39 is 0 Å². The molecule has 1 N–H and O–H groups in total. The van der Waals surface area contributed by atoms with Gasteiger partial charge in [0, 0.05) is 18.4 Å². The Morgan fingerprint density at radius 2 is 2.32 bits per heavy atom. The molecule has 0 amide bonds. The van der Waals surface area contributed by atoms with E-state index in [2.05, 4.69) is 22.4 Å². The number of fused-ring (bicyclic) bond motifs is 1. The van der Waals surface area contributed by atoms with Crippen LogP contribution in [0.4, 0.5) is 0 Å². The minimum absolute atomic E-state index is 0.352. The molecular weight excluding hydrogens is 262 g/mol. The molecular formula is C12H17N5OS. The molecule has 2 aliphatic heterocycles. The van der Waals surface area contributed by atoms with Crippen molar-refractivity contribution in [2.75, 3.05) is 26.3 Å². The second-order valence-corrected chi connectivity index (χ2v) is 6.45. The monoisotopic (exact) mass is 279 g/mol. The standard InChI is InChI=1S/C12H17N5OS/c1-7(9-4-13-5-9)11-16-17-10(8-2-3-18-6-8)14-15-12(17)19-11/h7-9,13H,2-6H2,1H3. The predicted molar refractivity (Wildman–Crippen MR) is 71.6 cm³/mol. The van der Waals surface area contributed by atoms with Crippen molar-refractivity contribution in [2.45, 2.75) is 25.2 Å². The van der Waals surface area contributed by atoms with E-state index in [0.717, 1.165) is 43.5 Å². The number of hydrogen-bond donors (Lipinski definition) is 1. The van der Waals surface area contributed by atoms with E-state index >= 15 is 0 Å². The van der Waals surface area contributed by atoms with Crippen molar-refractivity contribution < 1.29 is 4.74 Å². The highest BCUT2D eigenvalue weighted by Gasteiger charge is 2.29. The molecule has 0 bridgehead atoms. The topological polar surface area (TPSA) is 64.3 Å². The Hall–Kier alpha value is -1.05. The molecule has 0 radical (unpaired) electrons. The molecule has 2 aliphatic rings. The van der Waals surface area contributed by atoms with Gasteiger partial charge in [-0.05, 0) is 25.4 Å². The van der Waals surface area contributed by atoms with Gasteiger partial charge in [-0.1, -0.05) is 18.3 Å². The Labute approximate surface area is 115 Å². The van der Waals surface area contributed by atoms with Crippen LogP contribution in [-0.2, 0) is 4.74 Å². The second kappa shape index (κ2) is 4.50. The van der Waals surface area contributed by atoms with Gasteiger partial charge in [0.2, 0.25) is 4.96 Å². The van der Waals surface area contributed by atoms with Gasteiger partial charge in [-0.25, -0.2) is 0 Å². The van der Waals surface area contributed by atoms with Crippen LogP contribution in [0.5, 0.6) is 0 Å². The smallest absolute Gasteiger partial charge is 0.234 e. The zero-order chi connectivity index (χ0) is 12.8. The first kappa shape index (κ1) is 11.7. The van der Waals surface area contributed by atoms with E-state index in [1.807, 2.05) is 4.52 Å². The molecule has 4 rings (SSSR count). The fourth-order valence-corrected chi connectivity index (χ4v) is 3.68. The van der Waals surface area contributed by atoms with Gasteiger partial charge < -0.3 is 10.1 Å². The summed E-state index contributed by atoms with van der Waals surface area (Å²) in [4.78, 5) is 0.913. The fourth-order valence-electron chi connectivity index (χ4n) is 2.69. The Morgan fingerprint density at radius 3 is 3.00 bits per heavy atom. The molecule has 2 unspecified atom stereocenters. The first-order valence-electron chi connectivity index (χ1n) is 6.83. The number of nitrogens with one attached hydrogen (secondary N) is 1. The Morgan fingerprint density at radius 1 is 1.42 bits per heavy atom. The molecule has 0 saturated carbocycles. The average molecular weight is 279 g/mol. The Balaban J connectivity index is 1.67. The minimum Gasteiger partial charge on any atom is -0.381 e. The van der Waals surface area contributed by atoms with Gasteiger partial charge in [0.15, 0.2) is 5.82 Å². The van der Waals surface area contributed by atoms with Gasteiger partial charge in [-0.3, -0.25) is 0 Å². The van der Waals surface area contributed by atoms with Crippen molar-refractivity contribution in [1.82, 2.24) is 25.1 Å². The van der Waals surface area contributed by atoms with Crippen LogP contribution in [0.3, 0.4) is 0 Å². The SMILES string of the molecule is CC(c1nn2c(C3CCOC3)nnc2s1)C1CNC1. The van der Waals surface area contributed by atoms with Gasteiger partial charge in [0.1, 0.15) is 5.01 Å². The lowest BCUT2D eigenvalue weighted by Gasteiger charge is -2.31. The predicted octanol–water partition coefficient (Wildman–Crippen LogP) is 1.01. The van der Waals surface area contributed by atoms with Gasteiger partial charge in [0.25, 0.3) is 0 Å². The minimum atomic E-state index is 0.352. The number of ether oxygens (including phenoxy) is 1. The second-order valence-electron chi connectivity index (χ2n) is 5.46. The first-order valence-corrected chi connectivity index (χ1v) is 7.65. The summed E-state index contributed by atoms with van der Waals surface area (Å²) in [6.45, 7) is 6.03. The van der Waals surface area contributed by atoms with Crippen LogP contribution in [0.15, 0.2) is 0 Å². The van der Waals surface area contributed by atoms with E-state index in [1.54, 1.807) is 11.3 Å². The maximum absolute atomic E-state index is 5.44. The molecule has 2 fully saturated rings. The largest absolute Gasteiger partial charge is 0.381 e. The van der Waals surface area contributed by atoms with E-state index in [0.29, 0.717) is 17.8 Å². The van der Waals surface area contributed by atoms with Crippen molar-refractivity contribution in [2.24, 2.45) is 5.92 Å². The van der Waals surface area contributed by atoms with Crippen molar-refractivity contribution >= 4 is 16.3 Å². The van der Waals surface area contributed by atoms with Crippen LogP contribution in [0, 0.1) is 5.92 Å². The molecule has 19 heavy (non-hydrogen) atoms. The van der Waals surface area contributed by atoms with Crippen molar-refractivity contribution in [3.8, 4) is 0 Å². The van der Waals surface area contributed by atoms with Gasteiger partial charge in [0.05, 0.1) is 6.61 Å². The summed E-state index contributed by atoms with van der Waals surface area (Å²) in [5.74, 6) is 2.53. The van der Waals surface area contributed by atoms with Crippen LogP contribution in [-0.4, -0.2) is 46.1 Å². The zero-order valence-electron chi connectivity index (χ0n) is 10.9. The van der Waals surface area contributed by atoms with Crippen LogP contribution in [0.2, 0.25) is 0 Å². The third kappa shape index (κ3) is 1.87. The summed E-state index contributed by atoms with van der Waals surface area (Å²) in [6, 6.07) is 0. The van der Waals surface area contributed by atoms with E-state index in [1.165, 1.54) is 5.01 Å². The van der Waals surface area contributed by atoms with E-state index in [9.17, 15) is 0 Å². The molecule has 102 valence electrons. The number of hydrogen-bond acceptors (Lipinski definition) is 6. The maximum atomic E-state index is 5.44. The lowest BCUT2D eigenvalue weighted by Crippen LogP contribution is -2.44. The fraction of sp³-hybridized carbons (Fsp3) is 0.750. The molecule has 7 heteroatoms. The third-order valence-corrected chi connectivity index (χ3v) is 5.33. The van der Waals surface area contributed by atoms with Crippen molar-refractivity contribution in [3.05, 3.63) is 10.8 Å². The van der Waals surface area contributed by atoms with Crippen molar-refractivity contribution in [3.63, 3.8) is 0 Å². The summed E-state index contributed by atoms with van der Waals surface area (Å²) in [5, 5.41) is 17.8. The first-order chi connectivity index (χ1) is 9.33. The average Bonchev–Trinajstić information content (AvgIpc) is 3.01. The quantitative estimate of drug-likeness (QED) is 0.908. The summed E-state index contributed by atoms with van der Waals surface area (Å²) < 4.78 is 7.37. The molecule has 4 heterocycles. The number of nitrogens with zero attached hydrogens (tertiary/aromatic N) is 4. The molecule has 6 nitrogen and oxygen atoms in total. The Kier molecular flexibility index (Phi) is 2.78. The zero-order valence-corrected chi connectivity index (χ0v) is 11.7. The maximum Gasteiger partial charge on any atom is 0.234 e. The summed E-state index contributed by atoms with van der Waals surface area (Å²) in [7, 11) is 0. The molecule has 2 aromatic heterocycles. The van der Waals surface area contributed by atoms with Gasteiger partial charge in [-0.15, -0.1) is 10.2 Å². The van der Waals surface area contributed by atoms with Crippen molar-refractivity contribution in [1.29, 1.82) is 0 Å². The lowest BCUT2D eigenvalue weighted by molar-refractivity contribution is 0.193. The van der Waals surface area contributed by atoms with Crippen LogP contribution >= 0.6 is 11.3 Å². The molecule has 0 aliphatic carbocycles. The van der Waals surface area contributed by atoms with E-state index in [4.69, 9.17) is 9.84 Å². The van der Waals surface area contributed by atoms with Crippen LogP contribution < -0.4 is 5.32 Å². The number of aromatic nitrogens is 4. The molecule has 2 saturated heterocycles. The third-order valence-electron chi connectivity index (χ3n) is 4.24. The van der Waals surface area contributed by atoms with Gasteiger partial charge >= 0.3 is 0 Å².